The highest BCUT2D eigenvalue weighted by Gasteiger charge is 2.49. The largest absolute Gasteiger partial charge is 0.516 e. The van der Waals surface area contributed by atoms with Gasteiger partial charge in [-0.3, -0.25) is 4.31 Å². The van der Waals surface area contributed by atoms with E-state index < -0.39 is 15.5 Å². The van der Waals surface area contributed by atoms with E-state index in [4.69, 9.17) is 4.74 Å². The molecule has 6 nitrogen and oxygen atoms in total. The third-order valence-electron chi connectivity index (χ3n) is 5.45. The van der Waals surface area contributed by atoms with Gasteiger partial charge >= 0.3 is 15.5 Å². The standard InChI is InChI=1S/C21H26F3N3O3S.2ClH/c1-27(31(28,29)21(22,23)24)17-10-11-19(30-2)16(13-17)14-26-18-9-6-12-25-20(18)15-7-4-3-5-8-15;;/h3-5,7-8,10-11,13,18,20,25-26H,6,9,12,14H2,1-2H3;2*1H. The molecule has 2 aromatic carbocycles. The van der Waals surface area contributed by atoms with Crippen molar-refractivity contribution in [3.8, 4) is 5.75 Å². The first-order valence-electron chi connectivity index (χ1n) is 9.89. The SMILES string of the molecule is COc1ccc(N(C)S(=O)(=O)C(F)(F)F)cc1CNC1CCCNC1c1ccccc1.Cl.Cl. The molecule has 1 aliphatic heterocycles. The predicted molar refractivity (Wildman–Crippen MR) is 128 cm³/mol. The van der Waals surface area contributed by atoms with Crippen molar-refractivity contribution in [2.24, 2.45) is 0 Å². The first-order valence-corrected chi connectivity index (χ1v) is 11.3. The van der Waals surface area contributed by atoms with Gasteiger partial charge in [0.25, 0.3) is 0 Å². The summed E-state index contributed by atoms with van der Waals surface area (Å²) in [6.07, 6.45) is 1.92. The number of hydrogen-bond donors (Lipinski definition) is 2. The summed E-state index contributed by atoms with van der Waals surface area (Å²) in [7, 11) is -3.13. The lowest BCUT2D eigenvalue weighted by Crippen LogP contribution is -2.45. The van der Waals surface area contributed by atoms with Gasteiger partial charge in [0.1, 0.15) is 5.75 Å². The third-order valence-corrected chi connectivity index (χ3v) is 6.97. The topological polar surface area (TPSA) is 70.7 Å². The molecule has 33 heavy (non-hydrogen) atoms. The van der Waals surface area contributed by atoms with Gasteiger partial charge < -0.3 is 15.4 Å². The number of anilines is 1. The molecule has 2 atom stereocenters. The van der Waals surface area contributed by atoms with E-state index in [9.17, 15) is 21.6 Å². The summed E-state index contributed by atoms with van der Waals surface area (Å²) in [5.74, 6) is 0.467. The second-order valence-electron chi connectivity index (χ2n) is 7.39. The molecule has 0 radical (unpaired) electrons. The molecular formula is C21H28Cl2F3N3O3S. The summed E-state index contributed by atoms with van der Waals surface area (Å²) in [6.45, 7) is 1.21. The van der Waals surface area contributed by atoms with Crippen LogP contribution in [0.1, 0.15) is 30.0 Å². The Bertz CT molecular complexity index is 995. The summed E-state index contributed by atoms with van der Waals surface area (Å²) in [5, 5.41) is 6.97. The minimum atomic E-state index is -5.48. The van der Waals surface area contributed by atoms with E-state index in [0.717, 1.165) is 32.0 Å². The van der Waals surface area contributed by atoms with Gasteiger partial charge in [-0.1, -0.05) is 30.3 Å². The van der Waals surface area contributed by atoms with E-state index in [1.54, 1.807) is 0 Å². The van der Waals surface area contributed by atoms with Crippen molar-refractivity contribution < 1.29 is 26.3 Å². The number of rotatable bonds is 7. The molecule has 2 aromatic rings. The van der Waals surface area contributed by atoms with Gasteiger partial charge in [-0.15, -0.1) is 24.8 Å². The third kappa shape index (κ3) is 6.66. The molecule has 0 spiro atoms. The van der Waals surface area contributed by atoms with Crippen molar-refractivity contribution >= 4 is 40.5 Å². The van der Waals surface area contributed by atoms with Crippen LogP contribution in [-0.2, 0) is 16.6 Å². The average molecular weight is 530 g/mol. The van der Waals surface area contributed by atoms with Gasteiger partial charge in [-0.25, -0.2) is 0 Å². The second kappa shape index (κ2) is 12.1. The molecule has 186 valence electrons. The van der Waals surface area contributed by atoms with E-state index >= 15 is 0 Å². The fraction of sp³-hybridized carbons (Fsp3) is 0.429. The Morgan fingerprint density at radius 1 is 1.15 bits per heavy atom. The lowest BCUT2D eigenvalue weighted by molar-refractivity contribution is -0.0437. The highest BCUT2D eigenvalue weighted by atomic mass is 35.5. The van der Waals surface area contributed by atoms with E-state index in [1.807, 2.05) is 18.2 Å². The molecule has 2 unspecified atom stereocenters. The average Bonchev–Trinajstić information content (AvgIpc) is 2.77. The molecule has 1 heterocycles. The van der Waals surface area contributed by atoms with E-state index in [0.29, 0.717) is 17.9 Å². The molecule has 1 fully saturated rings. The number of benzene rings is 2. The van der Waals surface area contributed by atoms with Crippen LogP contribution in [-0.4, -0.2) is 40.7 Å². The van der Waals surface area contributed by atoms with Gasteiger partial charge in [-0.2, -0.15) is 21.6 Å². The number of nitrogens with zero attached hydrogens (tertiary/aromatic N) is 1. The summed E-state index contributed by atoms with van der Waals surface area (Å²) in [4.78, 5) is 0. The van der Waals surface area contributed by atoms with Crippen LogP contribution < -0.4 is 19.7 Å². The van der Waals surface area contributed by atoms with E-state index in [-0.39, 0.29) is 46.9 Å². The molecule has 0 aliphatic carbocycles. The first-order chi connectivity index (χ1) is 14.6. The number of alkyl halides is 3. The Balaban J connectivity index is 0.00000272. The molecular weight excluding hydrogens is 502 g/mol. The normalized spacial score (nSPS) is 18.6. The number of hydrogen-bond acceptors (Lipinski definition) is 5. The van der Waals surface area contributed by atoms with E-state index in [2.05, 4.69) is 22.8 Å². The lowest BCUT2D eigenvalue weighted by atomic mass is 9.92. The van der Waals surface area contributed by atoms with Crippen molar-refractivity contribution in [3.63, 3.8) is 0 Å². The van der Waals surface area contributed by atoms with Crippen LogP contribution in [0.5, 0.6) is 5.75 Å². The molecule has 0 aromatic heterocycles. The van der Waals surface area contributed by atoms with Crippen molar-refractivity contribution in [1.82, 2.24) is 10.6 Å². The van der Waals surface area contributed by atoms with Crippen LogP contribution in [0.2, 0.25) is 0 Å². The zero-order valence-electron chi connectivity index (χ0n) is 18.1. The van der Waals surface area contributed by atoms with Crippen molar-refractivity contribution in [3.05, 3.63) is 59.7 Å². The van der Waals surface area contributed by atoms with Crippen LogP contribution in [0.3, 0.4) is 0 Å². The highest BCUT2D eigenvalue weighted by Crippen LogP contribution is 2.32. The van der Waals surface area contributed by atoms with Crippen molar-refractivity contribution in [1.29, 1.82) is 0 Å². The minimum Gasteiger partial charge on any atom is -0.496 e. The van der Waals surface area contributed by atoms with Crippen LogP contribution in [0, 0.1) is 0 Å². The summed E-state index contributed by atoms with van der Waals surface area (Å²) >= 11 is 0. The molecule has 3 rings (SSSR count). The Labute approximate surface area is 204 Å². The zero-order chi connectivity index (χ0) is 22.6. The van der Waals surface area contributed by atoms with E-state index in [1.165, 1.54) is 25.3 Å². The molecule has 1 aliphatic rings. The fourth-order valence-electron chi connectivity index (χ4n) is 3.75. The van der Waals surface area contributed by atoms with Gasteiger partial charge in [0, 0.05) is 31.2 Å². The highest BCUT2D eigenvalue weighted by molar-refractivity contribution is 7.93. The zero-order valence-corrected chi connectivity index (χ0v) is 20.6. The van der Waals surface area contributed by atoms with Crippen LogP contribution in [0.4, 0.5) is 18.9 Å². The van der Waals surface area contributed by atoms with Crippen LogP contribution >= 0.6 is 24.8 Å². The van der Waals surface area contributed by atoms with Crippen LogP contribution in [0.15, 0.2) is 48.5 Å². The maximum atomic E-state index is 12.9. The quantitative estimate of drug-likeness (QED) is 0.555. The summed E-state index contributed by atoms with van der Waals surface area (Å²) in [6, 6.07) is 14.4. The predicted octanol–water partition coefficient (Wildman–Crippen LogP) is 4.41. The second-order valence-corrected chi connectivity index (χ2v) is 9.35. The maximum absolute atomic E-state index is 12.9. The molecule has 1 saturated heterocycles. The molecule has 0 amide bonds. The van der Waals surface area contributed by atoms with Gasteiger partial charge in [-0.05, 0) is 43.1 Å². The van der Waals surface area contributed by atoms with Crippen molar-refractivity contribution in [2.45, 2.75) is 37.0 Å². The minimum absolute atomic E-state index is 0. The summed E-state index contributed by atoms with van der Waals surface area (Å²) < 4.78 is 67.9. The number of ether oxygens (including phenoxy) is 1. The number of piperidine rings is 1. The Morgan fingerprint density at radius 2 is 1.82 bits per heavy atom. The monoisotopic (exact) mass is 529 g/mol. The molecule has 0 saturated carbocycles. The number of nitrogens with one attached hydrogen (secondary N) is 2. The van der Waals surface area contributed by atoms with Gasteiger partial charge in [0.05, 0.1) is 12.8 Å². The Morgan fingerprint density at radius 3 is 2.42 bits per heavy atom. The van der Waals surface area contributed by atoms with Gasteiger partial charge in [0.2, 0.25) is 0 Å². The van der Waals surface area contributed by atoms with Crippen molar-refractivity contribution in [2.75, 3.05) is 25.0 Å². The number of sulfonamides is 1. The number of halogens is 5. The fourth-order valence-corrected chi connectivity index (χ4v) is 4.45. The molecule has 0 bridgehead atoms. The Hall–Kier alpha value is -1.72. The molecule has 2 N–H and O–H groups in total. The molecule has 12 heteroatoms. The van der Waals surface area contributed by atoms with Gasteiger partial charge in [0.15, 0.2) is 0 Å². The maximum Gasteiger partial charge on any atom is 0.516 e. The Kier molecular flexibility index (Phi) is 10.8. The first kappa shape index (κ1) is 29.3. The lowest BCUT2D eigenvalue weighted by Gasteiger charge is -2.34. The van der Waals surface area contributed by atoms with Crippen LogP contribution in [0.25, 0.3) is 0 Å². The smallest absolute Gasteiger partial charge is 0.496 e. The number of methoxy groups -OCH3 is 1. The summed E-state index contributed by atoms with van der Waals surface area (Å²) in [5.41, 5.74) is -3.74.